The van der Waals surface area contributed by atoms with Gasteiger partial charge in [-0.2, -0.15) is 0 Å². The minimum atomic E-state index is -0.889. The zero-order chi connectivity index (χ0) is 24.4. The lowest BCUT2D eigenvalue weighted by Crippen LogP contribution is -2.54. The largest absolute Gasteiger partial charge is 0.494 e. The molecule has 1 aliphatic heterocycles. The highest BCUT2D eigenvalue weighted by atomic mass is 35.5. The number of carbonyl (C=O) groups is 3. The van der Waals surface area contributed by atoms with Crippen LogP contribution in [-0.4, -0.2) is 29.4 Å². The summed E-state index contributed by atoms with van der Waals surface area (Å²) in [6.45, 7) is 2.28. The van der Waals surface area contributed by atoms with E-state index in [-0.39, 0.29) is 39.1 Å². The molecule has 0 aliphatic carbocycles. The molecule has 10 nitrogen and oxygen atoms in total. The number of non-ortho nitro benzene ring substituents is 1. The molecule has 11 heteroatoms. The second kappa shape index (κ2) is 9.20. The van der Waals surface area contributed by atoms with Gasteiger partial charge in [0, 0.05) is 17.7 Å². The Kier molecular flexibility index (Phi) is 6.15. The molecular weight excluding hydrogens is 466 g/mol. The van der Waals surface area contributed by atoms with Crippen molar-refractivity contribution in [1.82, 2.24) is 5.32 Å². The number of nitrogens with zero attached hydrogens (tertiary/aromatic N) is 2. The van der Waals surface area contributed by atoms with Crippen LogP contribution in [0, 0.1) is 10.1 Å². The number of amides is 4. The molecule has 34 heavy (non-hydrogen) atoms. The van der Waals surface area contributed by atoms with Crippen molar-refractivity contribution in [3.8, 4) is 17.1 Å². The van der Waals surface area contributed by atoms with Crippen molar-refractivity contribution in [1.29, 1.82) is 0 Å². The number of hydrogen-bond acceptors (Lipinski definition) is 7. The number of barbiturate groups is 1. The Bertz CT molecular complexity index is 1340. The lowest BCUT2D eigenvalue weighted by atomic mass is 10.1. The maximum atomic E-state index is 13.0. The van der Waals surface area contributed by atoms with Gasteiger partial charge < -0.3 is 9.15 Å². The molecule has 0 spiro atoms. The topological polar surface area (TPSA) is 132 Å². The number of nitro groups is 1. The second-order valence-electron chi connectivity index (χ2n) is 7.01. The van der Waals surface area contributed by atoms with Crippen molar-refractivity contribution in [2.75, 3.05) is 11.5 Å². The number of furan rings is 1. The Morgan fingerprint density at radius 2 is 1.85 bits per heavy atom. The molecule has 3 aromatic rings. The predicted molar refractivity (Wildman–Crippen MR) is 122 cm³/mol. The Labute approximate surface area is 197 Å². The Morgan fingerprint density at radius 1 is 1.12 bits per heavy atom. The van der Waals surface area contributed by atoms with E-state index in [4.69, 9.17) is 20.8 Å². The molecule has 1 saturated heterocycles. The summed E-state index contributed by atoms with van der Waals surface area (Å²) in [4.78, 5) is 49.1. The number of benzene rings is 2. The summed E-state index contributed by atoms with van der Waals surface area (Å²) in [5.74, 6) is -0.862. The Hall–Kier alpha value is -4.44. The minimum absolute atomic E-state index is 0.108. The van der Waals surface area contributed by atoms with Gasteiger partial charge >= 0.3 is 6.03 Å². The number of anilines is 1. The van der Waals surface area contributed by atoms with E-state index in [0.717, 1.165) is 4.90 Å². The summed E-state index contributed by atoms with van der Waals surface area (Å²) >= 11 is 6.15. The van der Waals surface area contributed by atoms with Crippen molar-refractivity contribution in [2.24, 2.45) is 0 Å². The van der Waals surface area contributed by atoms with Crippen LogP contribution in [0.4, 0.5) is 16.2 Å². The Morgan fingerprint density at radius 3 is 2.53 bits per heavy atom. The van der Waals surface area contributed by atoms with Crippen molar-refractivity contribution in [3.05, 3.63) is 81.1 Å². The van der Waals surface area contributed by atoms with Gasteiger partial charge in [-0.05, 0) is 55.5 Å². The van der Waals surface area contributed by atoms with E-state index in [1.165, 1.54) is 48.5 Å². The smallest absolute Gasteiger partial charge is 0.335 e. The number of nitro benzene ring substituents is 1. The van der Waals surface area contributed by atoms with Crippen molar-refractivity contribution in [2.45, 2.75) is 6.92 Å². The van der Waals surface area contributed by atoms with Gasteiger partial charge in [0.05, 0.1) is 22.2 Å². The first-order chi connectivity index (χ1) is 16.3. The van der Waals surface area contributed by atoms with E-state index in [1.807, 2.05) is 6.92 Å². The summed E-state index contributed by atoms with van der Waals surface area (Å²) in [7, 11) is 0. The molecule has 0 bridgehead atoms. The lowest BCUT2D eigenvalue weighted by Gasteiger charge is -2.26. The lowest BCUT2D eigenvalue weighted by molar-refractivity contribution is -0.384. The van der Waals surface area contributed by atoms with Crippen LogP contribution in [0.5, 0.6) is 5.75 Å². The Balaban J connectivity index is 1.65. The monoisotopic (exact) mass is 481 g/mol. The average Bonchev–Trinajstić information content (AvgIpc) is 3.26. The maximum absolute atomic E-state index is 13.0. The molecule has 2 aromatic carbocycles. The molecule has 4 rings (SSSR count). The molecule has 1 aromatic heterocycles. The first kappa shape index (κ1) is 22.7. The zero-order valence-electron chi connectivity index (χ0n) is 17.6. The van der Waals surface area contributed by atoms with Crippen LogP contribution in [0.1, 0.15) is 12.7 Å². The molecule has 1 fully saturated rings. The number of imide groups is 2. The molecule has 0 unspecified atom stereocenters. The minimum Gasteiger partial charge on any atom is -0.494 e. The first-order valence-electron chi connectivity index (χ1n) is 9.97. The second-order valence-corrected chi connectivity index (χ2v) is 7.42. The molecule has 0 radical (unpaired) electrons. The highest BCUT2D eigenvalue weighted by molar-refractivity contribution is 6.39. The van der Waals surface area contributed by atoms with Crippen LogP contribution in [0.25, 0.3) is 17.4 Å². The molecule has 2 heterocycles. The number of hydrogen-bond donors (Lipinski definition) is 1. The highest BCUT2D eigenvalue weighted by Crippen LogP contribution is 2.33. The van der Waals surface area contributed by atoms with Crippen LogP contribution < -0.4 is 15.0 Å². The normalized spacial score (nSPS) is 14.9. The van der Waals surface area contributed by atoms with E-state index in [0.29, 0.717) is 12.4 Å². The number of carbonyl (C=O) groups excluding carboxylic acids is 3. The van der Waals surface area contributed by atoms with Gasteiger partial charge in [-0.3, -0.25) is 25.0 Å². The summed E-state index contributed by atoms with van der Waals surface area (Å²) in [5.41, 5.74) is 0.000527. The number of urea groups is 1. The van der Waals surface area contributed by atoms with Crippen LogP contribution in [-0.2, 0) is 9.59 Å². The predicted octanol–water partition coefficient (Wildman–Crippen LogP) is 4.57. The fourth-order valence-electron chi connectivity index (χ4n) is 3.28. The first-order valence-corrected chi connectivity index (χ1v) is 10.3. The number of nitrogens with one attached hydrogen (secondary N) is 1. The SMILES string of the molecule is CCOc1ccc(N2C(=O)NC(=O)/C(=C\c3ccc(-c4cc([N+](=O)[O-])ccc4Cl)o3)C2=O)cc1. The average molecular weight is 482 g/mol. The van der Waals surface area contributed by atoms with Crippen molar-refractivity contribution < 1.29 is 28.5 Å². The molecule has 0 saturated carbocycles. The van der Waals surface area contributed by atoms with E-state index in [2.05, 4.69) is 5.32 Å². The van der Waals surface area contributed by atoms with E-state index in [1.54, 1.807) is 12.1 Å². The third-order valence-corrected chi connectivity index (χ3v) is 5.18. The molecular formula is C23H16ClN3O7. The van der Waals surface area contributed by atoms with Crippen LogP contribution >= 0.6 is 11.6 Å². The maximum Gasteiger partial charge on any atom is 0.335 e. The van der Waals surface area contributed by atoms with Gasteiger partial charge in [-0.25, -0.2) is 9.69 Å². The van der Waals surface area contributed by atoms with Gasteiger partial charge in [0.25, 0.3) is 17.5 Å². The van der Waals surface area contributed by atoms with Gasteiger partial charge in [0.1, 0.15) is 22.8 Å². The van der Waals surface area contributed by atoms with Gasteiger partial charge in [-0.1, -0.05) is 11.6 Å². The fourth-order valence-corrected chi connectivity index (χ4v) is 3.49. The van der Waals surface area contributed by atoms with Crippen LogP contribution in [0.15, 0.2) is 64.6 Å². The van der Waals surface area contributed by atoms with E-state index in [9.17, 15) is 24.5 Å². The molecule has 1 N–H and O–H groups in total. The third kappa shape index (κ3) is 4.39. The molecule has 1 aliphatic rings. The molecule has 172 valence electrons. The van der Waals surface area contributed by atoms with Crippen molar-refractivity contribution in [3.63, 3.8) is 0 Å². The van der Waals surface area contributed by atoms with Crippen LogP contribution in [0.3, 0.4) is 0 Å². The zero-order valence-corrected chi connectivity index (χ0v) is 18.4. The van der Waals surface area contributed by atoms with Gasteiger partial charge in [-0.15, -0.1) is 0 Å². The summed E-state index contributed by atoms with van der Waals surface area (Å²) < 4.78 is 11.0. The van der Waals surface area contributed by atoms with Gasteiger partial charge in [0.15, 0.2) is 0 Å². The number of rotatable bonds is 6. The summed E-state index contributed by atoms with van der Waals surface area (Å²) in [5, 5.41) is 13.4. The standard InChI is InChI=1S/C23H16ClN3O7/c1-2-33-15-6-3-13(4-7-15)26-22(29)18(21(28)25-23(26)30)12-16-8-10-20(34-16)17-11-14(27(31)32)5-9-19(17)24/h3-12H,2H2,1H3,(H,25,28,30)/b18-12+. The third-order valence-electron chi connectivity index (χ3n) is 4.85. The quantitative estimate of drug-likeness (QED) is 0.236. The summed E-state index contributed by atoms with van der Waals surface area (Å²) in [6, 6.07) is 12.2. The van der Waals surface area contributed by atoms with E-state index >= 15 is 0 Å². The summed E-state index contributed by atoms with van der Waals surface area (Å²) in [6.07, 6.45) is 1.18. The van der Waals surface area contributed by atoms with Gasteiger partial charge in [0.2, 0.25) is 0 Å². The van der Waals surface area contributed by atoms with E-state index < -0.39 is 22.8 Å². The number of ether oxygens (including phenoxy) is 1. The van der Waals surface area contributed by atoms with Crippen molar-refractivity contribution >= 4 is 46.9 Å². The highest BCUT2D eigenvalue weighted by Gasteiger charge is 2.37. The fraction of sp³-hybridized carbons (Fsp3) is 0.0870. The van der Waals surface area contributed by atoms with Crippen LogP contribution in [0.2, 0.25) is 5.02 Å². The molecule has 0 atom stereocenters. The number of halogens is 1. The molecule has 4 amide bonds.